The van der Waals surface area contributed by atoms with Gasteiger partial charge < -0.3 is 10.1 Å². The van der Waals surface area contributed by atoms with Gasteiger partial charge in [-0.25, -0.2) is 4.98 Å². The molecule has 6 heteroatoms. The van der Waals surface area contributed by atoms with Crippen LogP contribution in [0.15, 0.2) is 109 Å². The van der Waals surface area contributed by atoms with E-state index in [1.165, 1.54) is 0 Å². The Kier molecular flexibility index (Phi) is 6.96. The number of hydrogen-bond donors (Lipinski definition) is 1. The Morgan fingerprint density at radius 3 is 2.47 bits per heavy atom. The van der Waals surface area contributed by atoms with Crippen molar-refractivity contribution in [3.05, 3.63) is 120 Å². The molecular formula is C30H23N3O2S. The molecule has 0 unspecified atom stereocenters. The zero-order chi connectivity index (χ0) is 24.7. The first kappa shape index (κ1) is 23.2. The molecule has 0 atom stereocenters. The van der Waals surface area contributed by atoms with E-state index in [1.54, 1.807) is 30.8 Å². The number of thiazole rings is 1. The molecule has 2 aromatic heterocycles. The van der Waals surface area contributed by atoms with Gasteiger partial charge in [0.05, 0.1) is 12.8 Å². The number of anilines is 1. The lowest BCUT2D eigenvalue weighted by Crippen LogP contribution is -2.13. The summed E-state index contributed by atoms with van der Waals surface area (Å²) in [6, 6.07) is 28.9. The van der Waals surface area contributed by atoms with Crippen LogP contribution >= 0.6 is 11.3 Å². The van der Waals surface area contributed by atoms with Gasteiger partial charge in [0.1, 0.15) is 10.8 Å². The number of benzene rings is 3. The maximum absolute atomic E-state index is 13.5. The molecule has 0 fully saturated rings. The Morgan fingerprint density at radius 1 is 0.917 bits per heavy atom. The Balaban J connectivity index is 1.41. The number of nitrogens with zero attached hydrogens (tertiary/aromatic N) is 2. The van der Waals surface area contributed by atoms with Crippen molar-refractivity contribution in [1.82, 2.24) is 9.97 Å². The van der Waals surface area contributed by atoms with Gasteiger partial charge in [-0.05, 0) is 53.6 Å². The number of methoxy groups -OCH3 is 1. The number of amides is 1. The highest BCUT2D eigenvalue weighted by Gasteiger charge is 2.14. The molecule has 3 aromatic carbocycles. The predicted molar refractivity (Wildman–Crippen MR) is 147 cm³/mol. The molecule has 0 aliphatic carbocycles. The van der Waals surface area contributed by atoms with Crippen LogP contribution in [0.25, 0.3) is 33.5 Å². The molecule has 1 N–H and O–H groups in total. The van der Waals surface area contributed by atoms with Crippen molar-refractivity contribution in [1.29, 1.82) is 0 Å². The number of rotatable bonds is 7. The molecule has 0 spiro atoms. The lowest BCUT2D eigenvalue weighted by atomic mass is 10.0. The number of ether oxygens (including phenoxy) is 1. The fourth-order valence-electron chi connectivity index (χ4n) is 3.75. The molecule has 0 bridgehead atoms. The first-order valence-electron chi connectivity index (χ1n) is 11.4. The molecule has 176 valence electrons. The molecule has 5 nitrogen and oxygen atoms in total. The largest absolute Gasteiger partial charge is 0.497 e. The van der Waals surface area contributed by atoms with Gasteiger partial charge in [-0.3, -0.25) is 9.78 Å². The van der Waals surface area contributed by atoms with Crippen LogP contribution in [0.4, 0.5) is 5.69 Å². The lowest BCUT2D eigenvalue weighted by molar-refractivity contribution is -0.111. The standard InChI is InChI=1S/C30H23N3O2S/c1-35-26-14-12-21(13-15-26)17-27(22-7-3-2-4-8-22)29(34)32-25-11-5-9-23(18-25)28-20-36-30(33-28)24-10-6-16-31-19-24/h2-20H,1H3,(H,32,34)/b27-17+. The van der Waals surface area contributed by atoms with Crippen molar-refractivity contribution < 1.29 is 9.53 Å². The minimum absolute atomic E-state index is 0.191. The van der Waals surface area contributed by atoms with E-state index < -0.39 is 0 Å². The van der Waals surface area contributed by atoms with Gasteiger partial charge >= 0.3 is 0 Å². The summed E-state index contributed by atoms with van der Waals surface area (Å²) in [5.41, 5.74) is 5.77. The van der Waals surface area contributed by atoms with Crippen molar-refractivity contribution in [3.63, 3.8) is 0 Å². The van der Waals surface area contributed by atoms with Crippen molar-refractivity contribution in [2.24, 2.45) is 0 Å². The summed E-state index contributed by atoms with van der Waals surface area (Å²) in [7, 11) is 1.63. The van der Waals surface area contributed by atoms with Gasteiger partial charge in [0.2, 0.25) is 0 Å². The van der Waals surface area contributed by atoms with E-state index in [9.17, 15) is 4.79 Å². The van der Waals surface area contributed by atoms with E-state index in [1.807, 2.05) is 102 Å². The summed E-state index contributed by atoms with van der Waals surface area (Å²) in [4.78, 5) is 22.4. The molecule has 1 amide bonds. The van der Waals surface area contributed by atoms with Crippen LogP contribution in [-0.4, -0.2) is 23.0 Å². The van der Waals surface area contributed by atoms with Gasteiger partial charge in [0.25, 0.3) is 5.91 Å². The third-order valence-corrected chi connectivity index (χ3v) is 6.48. The minimum atomic E-state index is -0.191. The van der Waals surface area contributed by atoms with Crippen LogP contribution < -0.4 is 10.1 Å². The number of nitrogens with one attached hydrogen (secondary N) is 1. The Labute approximate surface area is 213 Å². The maximum Gasteiger partial charge on any atom is 0.256 e. The van der Waals surface area contributed by atoms with Crippen LogP contribution in [0, 0.1) is 0 Å². The molecule has 2 heterocycles. The smallest absolute Gasteiger partial charge is 0.256 e. The molecule has 0 saturated heterocycles. The normalized spacial score (nSPS) is 11.2. The van der Waals surface area contributed by atoms with Crippen LogP contribution in [0.5, 0.6) is 5.75 Å². The number of hydrogen-bond acceptors (Lipinski definition) is 5. The second kappa shape index (κ2) is 10.8. The predicted octanol–water partition coefficient (Wildman–Crippen LogP) is 7.06. The Hall–Kier alpha value is -4.55. The van der Waals surface area contributed by atoms with E-state index >= 15 is 0 Å². The average Bonchev–Trinajstić information content (AvgIpc) is 3.44. The Bertz CT molecular complexity index is 1490. The summed E-state index contributed by atoms with van der Waals surface area (Å²) in [6.07, 6.45) is 5.44. The van der Waals surface area contributed by atoms with Gasteiger partial charge in [0.15, 0.2) is 0 Å². The maximum atomic E-state index is 13.5. The second-order valence-corrected chi connectivity index (χ2v) is 8.87. The van der Waals surface area contributed by atoms with Crippen LogP contribution in [0.2, 0.25) is 0 Å². The van der Waals surface area contributed by atoms with Crippen LogP contribution in [0.3, 0.4) is 0 Å². The van der Waals surface area contributed by atoms with Gasteiger partial charge in [0, 0.05) is 40.2 Å². The quantitative estimate of drug-likeness (QED) is 0.196. The number of aromatic nitrogens is 2. The highest BCUT2D eigenvalue weighted by molar-refractivity contribution is 7.13. The molecule has 36 heavy (non-hydrogen) atoms. The highest BCUT2D eigenvalue weighted by Crippen LogP contribution is 2.30. The highest BCUT2D eigenvalue weighted by atomic mass is 32.1. The molecule has 0 aliphatic rings. The SMILES string of the molecule is COc1ccc(/C=C(/C(=O)Nc2cccc(-c3csc(-c4cccnc4)n3)c2)c2ccccc2)cc1. The van der Waals surface area contributed by atoms with Crippen molar-refractivity contribution >= 4 is 34.6 Å². The summed E-state index contributed by atoms with van der Waals surface area (Å²) in [5.74, 6) is 0.576. The lowest BCUT2D eigenvalue weighted by Gasteiger charge is -2.11. The first-order chi connectivity index (χ1) is 17.7. The fourth-order valence-corrected chi connectivity index (χ4v) is 4.57. The van der Waals surface area contributed by atoms with E-state index in [-0.39, 0.29) is 5.91 Å². The molecule has 5 aromatic rings. The van der Waals surface area contributed by atoms with E-state index in [2.05, 4.69) is 10.3 Å². The van der Waals surface area contributed by atoms with Crippen molar-refractivity contribution in [3.8, 4) is 27.6 Å². The molecule has 5 rings (SSSR count). The molecule has 0 saturated carbocycles. The first-order valence-corrected chi connectivity index (χ1v) is 12.3. The summed E-state index contributed by atoms with van der Waals surface area (Å²) < 4.78 is 5.25. The van der Waals surface area contributed by atoms with Crippen molar-refractivity contribution in [2.75, 3.05) is 12.4 Å². The fraction of sp³-hybridized carbons (Fsp3) is 0.0333. The average molecular weight is 490 g/mol. The third kappa shape index (κ3) is 5.40. The molecule has 0 aliphatic heterocycles. The zero-order valence-corrected chi connectivity index (χ0v) is 20.4. The van der Waals surface area contributed by atoms with E-state index in [0.29, 0.717) is 11.3 Å². The van der Waals surface area contributed by atoms with Crippen LogP contribution in [0.1, 0.15) is 11.1 Å². The third-order valence-electron chi connectivity index (χ3n) is 5.59. The number of pyridine rings is 1. The van der Waals surface area contributed by atoms with E-state index in [4.69, 9.17) is 9.72 Å². The number of carbonyl (C=O) groups excluding carboxylic acids is 1. The van der Waals surface area contributed by atoms with Gasteiger partial charge in [-0.2, -0.15) is 0 Å². The zero-order valence-electron chi connectivity index (χ0n) is 19.6. The number of carbonyl (C=O) groups is 1. The minimum Gasteiger partial charge on any atom is -0.497 e. The molecule has 0 radical (unpaired) electrons. The topological polar surface area (TPSA) is 64.1 Å². The van der Waals surface area contributed by atoms with Crippen LogP contribution in [-0.2, 0) is 4.79 Å². The van der Waals surface area contributed by atoms with Crippen molar-refractivity contribution in [2.45, 2.75) is 0 Å². The monoisotopic (exact) mass is 489 g/mol. The summed E-state index contributed by atoms with van der Waals surface area (Å²) >= 11 is 1.57. The molecular weight excluding hydrogens is 466 g/mol. The summed E-state index contributed by atoms with van der Waals surface area (Å²) in [6.45, 7) is 0. The second-order valence-electron chi connectivity index (χ2n) is 8.01. The van der Waals surface area contributed by atoms with Gasteiger partial charge in [-0.1, -0.05) is 54.6 Å². The summed E-state index contributed by atoms with van der Waals surface area (Å²) in [5, 5.41) is 5.99. The van der Waals surface area contributed by atoms with Gasteiger partial charge in [-0.15, -0.1) is 11.3 Å². The Morgan fingerprint density at radius 2 is 1.72 bits per heavy atom. The van der Waals surface area contributed by atoms with E-state index in [0.717, 1.165) is 38.7 Å².